The van der Waals surface area contributed by atoms with Crippen molar-refractivity contribution in [1.29, 1.82) is 0 Å². The lowest BCUT2D eigenvalue weighted by Gasteiger charge is -2.08. The highest BCUT2D eigenvalue weighted by molar-refractivity contribution is 7.80. The first-order valence-electron chi connectivity index (χ1n) is 4.87. The van der Waals surface area contributed by atoms with Crippen LogP contribution >= 0.6 is 25.0 Å². The Labute approximate surface area is 103 Å². The van der Waals surface area contributed by atoms with Crippen molar-refractivity contribution in [3.63, 3.8) is 0 Å². The molecule has 0 radical (unpaired) electrons. The molecule has 2 nitrogen and oxygen atoms in total. The lowest BCUT2D eigenvalue weighted by molar-refractivity contribution is 0.303. The predicted molar refractivity (Wildman–Crippen MR) is 70.2 cm³/mol. The van der Waals surface area contributed by atoms with Crippen molar-refractivity contribution in [1.82, 2.24) is 0 Å². The first kappa shape index (κ1) is 14.6. The van der Waals surface area contributed by atoms with Gasteiger partial charge >= 0.3 is 0 Å². The smallest absolute Gasteiger partial charge is 0.119 e. The third-order valence-electron chi connectivity index (χ3n) is 1.97. The zero-order valence-electron chi connectivity index (χ0n) is 8.63. The monoisotopic (exact) mass is 247 g/mol. The van der Waals surface area contributed by atoms with Gasteiger partial charge in [0, 0.05) is 11.8 Å². The summed E-state index contributed by atoms with van der Waals surface area (Å²) in [4.78, 5) is 0. The first-order valence-corrected chi connectivity index (χ1v) is 5.50. The van der Waals surface area contributed by atoms with E-state index in [0.717, 1.165) is 31.0 Å². The van der Waals surface area contributed by atoms with Crippen LogP contribution in [-0.4, -0.2) is 18.4 Å². The molecule has 0 saturated heterocycles. The SMILES string of the molecule is Cl.N[C@H](CS)CCCOc1ccccc1. The number of ether oxygens (including phenoxy) is 1. The van der Waals surface area contributed by atoms with Crippen LogP contribution in [0.1, 0.15) is 12.8 Å². The van der Waals surface area contributed by atoms with Gasteiger partial charge in [0.05, 0.1) is 6.61 Å². The molecule has 0 saturated carbocycles. The van der Waals surface area contributed by atoms with Crippen LogP contribution in [0.25, 0.3) is 0 Å². The summed E-state index contributed by atoms with van der Waals surface area (Å²) >= 11 is 4.12. The second-order valence-electron chi connectivity index (χ2n) is 3.25. The van der Waals surface area contributed by atoms with Crippen LogP contribution in [0.2, 0.25) is 0 Å². The summed E-state index contributed by atoms with van der Waals surface area (Å²) < 4.78 is 5.52. The summed E-state index contributed by atoms with van der Waals surface area (Å²) in [5, 5.41) is 0. The predicted octanol–water partition coefficient (Wildman–Crippen LogP) is 2.52. The number of thiol groups is 1. The third kappa shape index (κ3) is 6.66. The Morgan fingerprint density at radius 3 is 2.53 bits per heavy atom. The van der Waals surface area contributed by atoms with Crippen LogP contribution in [0, 0.1) is 0 Å². The molecule has 0 aliphatic rings. The Morgan fingerprint density at radius 2 is 1.93 bits per heavy atom. The van der Waals surface area contributed by atoms with E-state index >= 15 is 0 Å². The average molecular weight is 248 g/mol. The van der Waals surface area contributed by atoms with E-state index in [0.29, 0.717) is 0 Å². The van der Waals surface area contributed by atoms with E-state index in [1.807, 2.05) is 30.3 Å². The van der Waals surface area contributed by atoms with Gasteiger partial charge in [0.15, 0.2) is 0 Å². The zero-order chi connectivity index (χ0) is 10.2. The van der Waals surface area contributed by atoms with Crippen LogP contribution in [0.3, 0.4) is 0 Å². The van der Waals surface area contributed by atoms with Gasteiger partial charge in [0.2, 0.25) is 0 Å². The molecule has 1 aromatic rings. The van der Waals surface area contributed by atoms with Crippen LogP contribution in [0.4, 0.5) is 0 Å². The molecule has 1 rings (SSSR count). The van der Waals surface area contributed by atoms with Crippen molar-refractivity contribution in [2.75, 3.05) is 12.4 Å². The van der Waals surface area contributed by atoms with Crippen LogP contribution in [0.15, 0.2) is 30.3 Å². The Hall–Kier alpha value is -0.380. The molecule has 0 spiro atoms. The lowest BCUT2D eigenvalue weighted by Crippen LogP contribution is -2.22. The standard InChI is InChI=1S/C11H17NOS.ClH/c12-10(9-14)5-4-8-13-11-6-2-1-3-7-11;/h1-3,6-7,10,14H,4-5,8-9,12H2;1H/t10-;/m0./s1. The number of nitrogens with two attached hydrogens (primary N) is 1. The summed E-state index contributed by atoms with van der Waals surface area (Å²) in [7, 11) is 0. The van der Waals surface area contributed by atoms with Crippen LogP contribution in [-0.2, 0) is 0 Å². The maximum Gasteiger partial charge on any atom is 0.119 e. The highest BCUT2D eigenvalue weighted by Crippen LogP contribution is 2.09. The molecule has 1 aromatic carbocycles. The molecular weight excluding hydrogens is 230 g/mol. The van der Waals surface area contributed by atoms with Gasteiger partial charge in [-0.1, -0.05) is 18.2 Å². The molecule has 0 aliphatic carbocycles. The molecule has 1 atom stereocenters. The van der Waals surface area contributed by atoms with Crippen LogP contribution < -0.4 is 10.5 Å². The first-order chi connectivity index (χ1) is 6.83. The largest absolute Gasteiger partial charge is 0.494 e. The minimum atomic E-state index is 0. The molecule has 0 fully saturated rings. The normalized spacial score (nSPS) is 11.6. The molecular formula is C11H18ClNOS. The minimum Gasteiger partial charge on any atom is -0.494 e. The number of benzene rings is 1. The van der Waals surface area contributed by atoms with E-state index in [1.54, 1.807) is 0 Å². The van der Waals surface area contributed by atoms with Crippen molar-refractivity contribution in [3.8, 4) is 5.75 Å². The van der Waals surface area contributed by atoms with E-state index in [1.165, 1.54) is 0 Å². The highest BCUT2D eigenvalue weighted by atomic mass is 35.5. The molecule has 4 heteroatoms. The summed E-state index contributed by atoms with van der Waals surface area (Å²) in [6, 6.07) is 10.0. The van der Waals surface area contributed by atoms with Crippen molar-refractivity contribution < 1.29 is 4.74 Å². The number of hydrogen-bond acceptors (Lipinski definition) is 3. The molecule has 0 aliphatic heterocycles. The van der Waals surface area contributed by atoms with E-state index in [4.69, 9.17) is 10.5 Å². The molecule has 0 heterocycles. The van der Waals surface area contributed by atoms with Crippen molar-refractivity contribution >= 4 is 25.0 Å². The topological polar surface area (TPSA) is 35.2 Å². The van der Waals surface area contributed by atoms with Gasteiger partial charge in [-0.25, -0.2) is 0 Å². The minimum absolute atomic E-state index is 0. The van der Waals surface area contributed by atoms with Crippen molar-refractivity contribution in [2.24, 2.45) is 5.73 Å². The zero-order valence-corrected chi connectivity index (χ0v) is 10.3. The fourth-order valence-corrected chi connectivity index (χ4v) is 1.33. The quantitative estimate of drug-likeness (QED) is 0.599. The van der Waals surface area contributed by atoms with Crippen molar-refractivity contribution in [3.05, 3.63) is 30.3 Å². The molecule has 0 bridgehead atoms. The molecule has 2 N–H and O–H groups in total. The summed E-state index contributed by atoms with van der Waals surface area (Å²) in [6.07, 6.45) is 1.95. The van der Waals surface area contributed by atoms with Gasteiger partial charge in [0.25, 0.3) is 0 Å². The molecule has 86 valence electrons. The Bertz CT molecular complexity index is 246. The highest BCUT2D eigenvalue weighted by Gasteiger charge is 1.99. The number of hydrogen-bond donors (Lipinski definition) is 2. The van der Waals surface area contributed by atoms with E-state index in [2.05, 4.69) is 12.6 Å². The van der Waals surface area contributed by atoms with Gasteiger partial charge in [0.1, 0.15) is 5.75 Å². The van der Waals surface area contributed by atoms with Crippen molar-refractivity contribution in [2.45, 2.75) is 18.9 Å². The summed E-state index contributed by atoms with van der Waals surface area (Å²) in [6.45, 7) is 0.728. The van der Waals surface area contributed by atoms with Gasteiger partial charge in [-0.15, -0.1) is 12.4 Å². The third-order valence-corrected chi connectivity index (χ3v) is 2.43. The van der Waals surface area contributed by atoms with E-state index in [9.17, 15) is 0 Å². The van der Waals surface area contributed by atoms with Gasteiger partial charge in [-0.2, -0.15) is 12.6 Å². The molecule has 0 aromatic heterocycles. The van der Waals surface area contributed by atoms with Gasteiger partial charge < -0.3 is 10.5 Å². The Kier molecular flexibility index (Phi) is 8.67. The number of rotatable bonds is 6. The number of para-hydroxylation sites is 1. The Balaban J connectivity index is 0.00000196. The summed E-state index contributed by atoms with van der Waals surface area (Å²) in [5.74, 6) is 1.66. The van der Waals surface area contributed by atoms with E-state index in [-0.39, 0.29) is 18.4 Å². The van der Waals surface area contributed by atoms with Crippen LogP contribution in [0.5, 0.6) is 5.75 Å². The number of halogens is 1. The fraction of sp³-hybridized carbons (Fsp3) is 0.455. The average Bonchev–Trinajstić information content (AvgIpc) is 2.25. The van der Waals surface area contributed by atoms with Gasteiger partial charge in [-0.3, -0.25) is 0 Å². The Morgan fingerprint density at radius 1 is 1.27 bits per heavy atom. The fourth-order valence-electron chi connectivity index (χ4n) is 1.14. The molecule has 0 unspecified atom stereocenters. The maximum absolute atomic E-state index is 5.72. The molecule has 15 heavy (non-hydrogen) atoms. The molecule has 0 amide bonds. The second-order valence-corrected chi connectivity index (χ2v) is 3.61. The van der Waals surface area contributed by atoms with E-state index < -0.39 is 0 Å². The second kappa shape index (κ2) is 8.89. The summed E-state index contributed by atoms with van der Waals surface area (Å²) in [5.41, 5.74) is 5.72. The maximum atomic E-state index is 5.72. The lowest BCUT2D eigenvalue weighted by atomic mass is 10.2. The van der Waals surface area contributed by atoms with Gasteiger partial charge in [-0.05, 0) is 25.0 Å².